The van der Waals surface area contributed by atoms with Crippen molar-refractivity contribution in [2.45, 2.75) is 6.42 Å². The second-order valence-electron chi connectivity index (χ2n) is 2.59. The third-order valence-electron chi connectivity index (χ3n) is 1.72. The Kier molecular flexibility index (Phi) is 3.40. The molecule has 0 aromatic heterocycles. The summed E-state index contributed by atoms with van der Waals surface area (Å²) in [6.07, 6.45) is 0.0302. The normalized spacial score (nSPS) is 10.2. The molecule has 14 heavy (non-hydrogen) atoms. The zero-order chi connectivity index (χ0) is 10.7. The van der Waals surface area contributed by atoms with Gasteiger partial charge in [-0.1, -0.05) is 0 Å². The molecular formula is C8H7F2NO2S. The van der Waals surface area contributed by atoms with Crippen molar-refractivity contribution in [2.24, 2.45) is 0 Å². The van der Waals surface area contributed by atoms with Crippen molar-refractivity contribution in [1.82, 2.24) is 0 Å². The van der Waals surface area contributed by atoms with Gasteiger partial charge in [0.15, 0.2) is 0 Å². The standard InChI is InChI=1S/C8H7F2NO2S/c9-6-1-2-7(11(12)13)8(10)5(6)3-4-14/h1-2,14H,3-4H2. The summed E-state index contributed by atoms with van der Waals surface area (Å²) in [5.74, 6) is -1.65. The molecule has 0 unspecified atom stereocenters. The van der Waals surface area contributed by atoms with Gasteiger partial charge >= 0.3 is 5.69 Å². The van der Waals surface area contributed by atoms with E-state index < -0.39 is 22.2 Å². The van der Waals surface area contributed by atoms with Crippen molar-refractivity contribution in [3.63, 3.8) is 0 Å². The molecule has 0 heterocycles. The maximum Gasteiger partial charge on any atom is 0.305 e. The molecular weight excluding hydrogens is 212 g/mol. The van der Waals surface area contributed by atoms with Gasteiger partial charge in [0.25, 0.3) is 0 Å². The molecule has 0 radical (unpaired) electrons. The maximum atomic E-state index is 13.3. The lowest BCUT2D eigenvalue weighted by Gasteiger charge is -2.02. The monoisotopic (exact) mass is 219 g/mol. The minimum Gasteiger partial charge on any atom is -0.258 e. The molecule has 0 bridgehead atoms. The molecule has 3 nitrogen and oxygen atoms in total. The van der Waals surface area contributed by atoms with E-state index in [1.54, 1.807) is 0 Å². The lowest BCUT2D eigenvalue weighted by Crippen LogP contribution is -2.01. The Morgan fingerprint density at radius 3 is 2.57 bits per heavy atom. The highest BCUT2D eigenvalue weighted by molar-refractivity contribution is 7.80. The Balaban J connectivity index is 3.26. The first-order valence-electron chi connectivity index (χ1n) is 3.80. The molecule has 0 atom stereocenters. The van der Waals surface area contributed by atoms with Gasteiger partial charge in [-0.2, -0.15) is 17.0 Å². The minimum absolute atomic E-state index is 0.0302. The van der Waals surface area contributed by atoms with Crippen LogP contribution in [0.1, 0.15) is 5.56 Å². The van der Waals surface area contributed by atoms with Crippen molar-refractivity contribution in [3.05, 3.63) is 39.4 Å². The molecule has 1 aromatic rings. The van der Waals surface area contributed by atoms with Crippen LogP contribution in [0.5, 0.6) is 0 Å². The highest BCUT2D eigenvalue weighted by atomic mass is 32.1. The van der Waals surface area contributed by atoms with E-state index in [1.807, 2.05) is 0 Å². The van der Waals surface area contributed by atoms with Crippen LogP contribution in [0.2, 0.25) is 0 Å². The SMILES string of the molecule is O=[N+]([O-])c1ccc(F)c(CCS)c1F. The highest BCUT2D eigenvalue weighted by Crippen LogP contribution is 2.23. The van der Waals surface area contributed by atoms with Gasteiger partial charge in [-0.05, 0) is 18.2 Å². The fourth-order valence-corrected chi connectivity index (χ4v) is 1.29. The average molecular weight is 219 g/mol. The second kappa shape index (κ2) is 4.36. The number of benzene rings is 1. The van der Waals surface area contributed by atoms with Gasteiger partial charge in [0.1, 0.15) is 5.82 Å². The van der Waals surface area contributed by atoms with E-state index in [4.69, 9.17) is 0 Å². The molecule has 1 rings (SSSR count). The number of hydrogen-bond acceptors (Lipinski definition) is 3. The minimum atomic E-state index is -1.11. The van der Waals surface area contributed by atoms with Crippen LogP contribution in [0.25, 0.3) is 0 Å². The topological polar surface area (TPSA) is 43.1 Å². The lowest BCUT2D eigenvalue weighted by atomic mass is 10.1. The molecule has 0 saturated heterocycles. The number of nitro benzene ring substituents is 1. The molecule has 0 amide bonds. The van der Waals surface area contributed by atoms with Gasteiger partial charge in [0, 0.05) is 11.6 Å². The van der Waals surface area contributed by atoms with E-state index in [1.165, 1.54) is 0 Å². The summed E-state index contributed by atoms with van der Waals surface area (Å²) in [5, 5.41) is 10.3. The van der Waals surface area contributed by atoms with E-state index in [9.17, 15) is 18.9 Å². The van der Waals surface area contributed by atoms with Crippen molar-refractivity contribution in [2.75, 3.05) is 5.75 Å². The van der Waals surface area contributed by atoms with Crippen LogP contribution in [0.3, 0.4) is 0 Å². The van der Waals surface area contributed by atoms with Crippen molar-refractivity contribution < 1.29 is 13.7 Å². The molecule has 6 heteroatoms. The summed E-state index contributed by atoms with van der Waals surface area (Å²) < 4.78 is 26.2. The smallest absolute Gasteiger partial charge is 0.258 e. The zero-order valence-corrected chi connectivity index (χ0v) is 7.93. The summed E-state index contributed by atoms with van der Waals surface area (Å²) in [4.78, 5) is 9.44. The second-order valence-corrected chi connectivity index (χ2v) is 3.04. The van der Waals surface area contributed by atoms with E-state index >= 15 is 0 Å². The van der Waals surface area contributed by atoms with E-state index in [0.29, 0.717) is 0 Å². The van der Waals surface area contributed by atoms with Crippen molar-refractivity contribution >= 4 is 18.3 Å². The van der Waals surface area contributed by atoms with Crippen LogP contribution in [0, 0.1) is 21.7 Å². The van der Waals surface area contributed by atoms with Crippen LogP contribution < -0.4 is 0 Å². The molecule has 0 fully saturated rings. The number of nitro groups is 1. The van der Waals surface area contributed by atoms with Gasteiger partial charge in [0.05, 0.1) is 4.92 Å². The molecule has 76 valence electrons. The fraction of sp³-hybridized carbons (Fsp3) is 0.250. The summed E-state index contributed by atoms with van der Waals surface area (Å²) in [7, 11) is 0. The number of thiol groups is 1. The Labute approximate surface area is 84.3 Å². The fourth-order valence-electron chi connectivity index (χ4n) is 1.07. The number of hydrogen-bond donors (Lipinski definition) is 1. The quantitative estimate of drug-likeness (QED) is 0.481. The van der Waals surface area contributed by atoms with Gasteiger partial charge in [0.2, 0.25) is 5.82 Å². The third kappa shape index (κ3) is 2.01. The first-order chi connectivity index (χ1) is 6.57. The average Bonchev–Trinajstić information content (AvgIpc) is 2.11. The summed E-state index contributed by atoms with van der Waals surface area (Å²) in [6, 6.07) is 1.70. The van der Waals surface area contributed by atoms with Gasteiger partial charge in [-0.3, -0.25) is 10.1 Å². The maximum absolute atomic E-state index is 13.3. The summed E-state index contributed by atoms with van der Waals surface area (Å²) >= 11 is 3.81. The number of halogens is 2. The molecule has 0 saturated carbocycles. The Hall–Kier alpha value is -1.17. The van der Waals surface area contributed by atoms with Crippen LogP contribution in [0.4, 0.5) is 14.5 Å². The van der Waals surface area contributed by atoms with Gasteiger partial charge in [-0.15, -0.1) is 0 Å². The van der Waals surface area contributed by atoms with Crippen LogP contribution >= 0.6 is 12.6 Å². The first kappa shape index (κ1) is 10.9. The molecule has 0 aliphatic heterocycles. The molecule has 1 aromatic carbocycles. The molecule has 0 aliphatic rings. The van der Waals surface area contributed by atoms with E-state index in [2.05, 4.69) is 12.6 Å². The summed E-state index contributed by atoms with van der Waals surface area (Å²) in [5.41, 5.74) is -0.989. The van der Waals surface area contributed by atoms with E-state index in [-0.39, 0.29) is 17.7 Å². The highest BCUT2D eigenvalue weighted by Gasteiger charge is 2.20. The predicted octanol–water partition coefficient (Wildman–Crippen LogP) is 2.35. The van der Waals surface area contributed by atoms with Gasteiger partial charge in [-0.25, -0.2) is 4.39 Å². The van der Waals surface area contributed by atoms with E-state index in [0.717, 1.165) is 12.1 Å². The summed E-state index contributed by atoms with van der Waals surface area (Å²) in [6.45, 7) is 0. The Morgan fingerprint density at radius 2 is 2.07 bits per heavy atom. The Bertz CT molecular complexity index is 371. The van der Waals surface area contributed by atoms with Crippen LogP contribution in [0.15, 0.2) is 12.1 Å². The van der Waals surface area contributed by atoms with Gasteiger partial charge < -0.3 is 0 Å². The Morgan fingerprint density at radius 1 is 1.43 bits per heavy atom. The zero-order valence-electron chi connectivity index (χ0n) is 7.04. The lowest BCUT2D eigenvalue weighted by molar-refractivity contribution is -0.387. The largest absolute Gasteiger partial charge is 0.305 e. The third-order valence-corrected chi connectivity index (χ3v) is 1.95. The molecule has 0 N–H and O–H groups in total. The molecule has 0 aliphatic carbocycles. The van der Waals surface area contributed by atoms with Crippen LogP contribution in [-0.4, -0.2) is 10.7 Å². The number of rotatable bonds is 3. The molecule has 0 spiro atoms. The van der Waals surface area contributed by atoms with Crippen molar-refractivity contribution in [3.8, 4) is 0 Å². The predicted molar refractivity (Wildman–Crippen MR) is 50.6 cm³/mol. The van der Waals surface area contributed by atoms with Crippen molar-refractivity contribution in [1.29, 1.82) is 0 Å². The number of nitrogens with zero attached hydrogens (tertiary/aromatic N) is 1. The first-order valence-corrected chi connectivity index (χ1v) is 4.43. The van der Waals surface area contributed by atoms with Crippen LogP contribution in [-0.2, 0) is 6.42 Å².